The molecule has 1 heterocycles. The predicted molar refractivity (Wildman–Crippen MR) is 118 cm³/mol. The van der Waals surface area contributed by atoms with Crippen molar-refractivity contribution in [2.75, 3.05) is 13.2 Å². The molecule has 0 amide bonds. The quantitative estimate of drug-likeness (QED) is 0.404. The van der Waals surface area contributed by atoms with E-state index in [-0.39, 0.29) is 13.2 Å². The van der Waals surface area contributed by atoms with Crippen LogP contribution in [0.1, 0.15) is 31.1 Å². The maximum atomic E-state index is 12.7. The van der Waals surface area contributed by atoms with Gasteiger partial charge < -0.3 is 18.9 Å². The summed E-state index contributed by atoms with van der Waals surface area (Å²) < 4.78 is 22.3. The van der Waals surface area contributed by atoms with Gasteiger partial charge in [0.05, 0.1) is 23.3 Å². The number of carbonyl (C=O) groups is 3. The highest BCUT2D eigenvalue weighted by atomic mass is 16.6. The summed E-state index contributed by atoms with van der Waals surface area (Å²) in [4.78, 5) is 37.6. The molecule has 0 aliphatic carbocycles. The Morgan fingerprint density at radius 3 is 1.64 bits per heavy atom. The van der Waals surface area contributed by atoms with Gasteiger partial charge in [-0.1, -0.05) is 54.6 Å². The van der Waals surface area contributed by atoms with E-state index >= 15 is 0 Å². The minimum absolute atomic E-state index is 0.00113. The van der Waals surface area contributed by atoms with Crippen molar-refractivity contribution in [2.45, 2.75) is 18.3 Å². The average molecular weight is 446 g/mol. The van der Waals surface area contributed by atoms with Gasteiger partial charge in [-0.15, -0.1) is 0 Å². The van der Waals surface area contributed by atoms with Crippen molar-refractivity contribution in [3.05, 3.63) is 108 Å². The lowest BCUT2D eigenvalue weighted by Gasteiger charge is -2.23. The molecule has 3 aromatic rings. The second kappa shape index (κ2) is 10.6. The summed E-state index contributed by atoms with van der Waals surface area (Å²) in [7, 11) is 0. The Morgan fingerprint density at radius 2 is 1.12 bits per heavy atom. The standard InChI is InChI=1S/C26H22O7/c27-24(18-10-4-1-5-11-18)31-16-21-23(33-26(29)20-14-8-3-9-15-20)22(17-30-21)32-25(28)19-12-6-2-7-13-19/h1-15,21-23H,16-17H2/t21-,22?,23?/m1/s1. The molecule has 0 spiro atoms. The van der Waals surface area contributed by atoms with Gasteiger partial charge in [-0.2, -0.15) is 0 Å². The first-order chi connectivity index (χ1) is 16.1. The highest BCUT2D eigenvalue weighted by Gasteiger charge is 2.44. The van der Waals surface area contributed by atoms with Crippen LogP contribution < -0.4 is 0 Å². The highest BCUT2D eigenvalue weighted by molar-refractivity contribution is 5.90. The zero-order valence-corrected chi connectivity index (χ0v) is 17.7. The van der Waals surface area contributed by atoms with E-state index in [9.17, 15) is 14.4 Å². The van der Waals surface area contributed by atoms with Crippen LogP contribution in [-0.2, 0) is 18.9 Å². The molecule has 33 heavy (non-hydrogen) atoms. The molecule has 7 heteroatoms. The molecule has 2 unspecified atom stereocenters. The van der Waals surface area contributed by atoms with Crippen LogP contribution in [0.2, 0.25) is 0 Å². The summed E-state index contributed by atoms with van der Waals surface area (Å²) in [5, 5.41) is 0. The topological polar surface area (TPSA) is 88.1 Å². The molecule has 1 aliphatic rings. The molecule has 7 nitrogen and oxygen atoms in total. The fourth-order valence-corrected chi connectivity index (χ4v) is 3.40. The maximum absolute atomic E-state index is 12.7. The number of benzene rings is 3. The molecule has 3 aromatic carbocycles. The fourth-order valence-electron chi connectivity index (χ4n) is 3.40. The van der Waals surface area contributed by atoms with Crippen molar-refractivity contribution in [3.8, 4) is 0 Å². The molecule has 1 saturated heterocycles. The van der Waals surface area contributed by atoms with E-state index in [0.29, 0.717) is 16.7 Å². The van der Waals surface area contributed by atoms with E-state index in [4.69, 9.17) is 18.9 Å². The third-order valence-electron chi connectivity index (χ3n) is 5.12. The zero-order valence-electron chi connectivity index (χ0n) is 17.7. The summed E-state index contributed by atoms with van der Waals surface area (Å²) in [6.45, 7) is -0.168. The van der Waals surface area contributed by atoms with Gasteiger partial charge in [0.25, 0.3) is 0 Å². The monoisotopic (exact) mass is 446 g/mol. The van der Waals surface area contributed by atoms with Crippen LogP contribution in [-0.4, -0.2) is 49.4 Å². The van der Waals surface area contributed by atoms with Crippen molar-refractivity contribution in [2.24, 2.45) is 0 Å². The smallest absolute Gasteiger partial charge is 0.338 e. The van der Waals surface area contributed by atoms with Crippen LogP contribution in [0, 0.1) is 0 Å². The average Bonchev–Trinajstić information content (AvgIpc) is 3.24. The lowest BCUT2D eigenvalue weighted by Crippen LogP contribution is -2.40. The normalized spacial score (nSPS) is 19.5. The summed E-state index contributed by atoms with van der Waals surface area (Å²) in [5.41, 5.74) is 1.10. The first kappa shape index (κ1) is 22.2. The van der Waals surface area contributed by atoms with Gasteiger partial charge >= 0.3 is 17.9 Å². The summed E-state index contributed by atoms with van der Waals surface area (Å²) >= 11 is 0. The number of carbonyl (C=O) groups excluding carboxylic acids is 3. The van der Waals surface area contributed by atoms with E-state index in [0.717, 1.165) is 0 Å². The molecule has 168 valence electrons. The van der Waals surface area contributed by atoms with Gasteiger partial charge in [0, 0.05) is 0 Å². The van der Waals surface area contributed by atoms with E-state index in [1.54, 1.807) is 91.0 Å². The molecule has 0 aromatic heterocycles. The minimum Gasteiger partial charge on any atom is -0.459 e. The van der Waals surface area contributed by atoms with Crippen molar-refractivity contribution in [3.63, 3.8) is 0 Å². The number of esters is 3. The van der Waals surface area contributed by atoms with E-state index in [2.05, 4.69) is 0 Å². The van der Waals surface area contributed by atoms with Gasteiger partial charge in [0.1, 0.15) is 12.7 Å². The SMILES string of the molecule is O=C(OC[C@H]1OCC(OC(=O)c2ccccc2)C1OC(=O)c1ccccc1)c1ccccc1. The van der Waals surface area contributed by atoms with Gasteiger partial charge in [-0.05, 0) is 36.4 Å². The van der Waals surface area contributed by atoms with Crippen molar-refractivity contribution in [1.82, 2.24) is 0 Å². The number of hydrogen-bond donors (Lipinski definition) is 0. The van der Waals surface area contributed by atoms with Gasteiger partial charge in [0.2, 0.25) is 0 Å². The van der Waals surface area contributed by atoms with Crippen LogP contribution in [0.25, 0.3) is 0 Å². The third-order valence-corrected chi connectivity index (χ3v) is 5.12. The lowest BCUT2D eigenvalue weighted by molar-refractivity contribution is -0.0433. The molecule has 1 aliphatic heterocycles. The lowest BCUT2D eigenvalue weighted by atomic mass is 10.1. The molecule has 0 saturated carbocycles. The van der Waals surface area contributed by atoms with Crippen LogP contribution >= 0.6 is 0 Å². The molecule has 4 rings (SSSR count). The van der Waals surface area contributed by atoms with E-state index < -0.39 is 36.2 Å². The molecule has 0 radical (unpaired) electrons. The molecule has 0 N–H and O–H groups in total. The van der Waals surface area contributed by atoms with Gasteiger partial charge in [-0.3, -0.25) is 0 Å². The van der Waals surface area contributed by atoms with E-state index in [1.165, 1.54) is 0 Å². The first-order valence-corrected chi connectivity index (χ1v) is 10.5. The largest absolute Gasteiger partial charge is 0.459 e. The first-order valence-electron chi connectivity index (χ1n) is 10.5. The Kier molecular flexibility index (Phi) is 7.12. The second-order valence-corrected chi connectivity index (χ2v) is 7.38. The fraction of sp³-hybridized carbons (Fsp3) is 0.192. The van der Waals surface area contributed by atoms with Gasteiger partial charge in [0.15, 0.2) is 12.2 Å². The zero-order chi connectivity index (χ0) is 23.0. The molecule has 0 bridgehead atoms. The Morgan fingerprint density at radius 1 is 0.667 bits per heavy atom. The Hall–Kier alpha value is -3.97. The molecule has 1 fully saturated rings. The Balaban J connectivity index is 1.46. The van der Waals surface area contributed by atoms with Gasteiger partial charge in [-0.25, -0.2) is 14.4 Å². The highest BCUT2D eigenvalue weighted by Crippen LogP contribution is 2.24. The van der Waals surface area contributed by atoms with Crippen LogP contribution in [0.4, 0.5) is 0 Å². The number of hydrogen-bond acceptors (Lipinski definition) is 7. The Labute approximate surface area is 190 Å². The van der Waals surface area contributed by atoms with Crippen LogP contribution in [0.3, 0.4) is 0 Å². The second-order valence-electron chi connectivity index (χ2n) is 7.38. The van der Waals surface area contributed by atoms with Crippen molar-refractivity contribution >= 4 is 17.9 Å². The predicted octanol–water partition coefficient (Wildman–Crippen LogP) is 3.69. The summed E-state index contributed by atoms with van der Waals surface area (Å²) in [6.07, 6.45) is -2.60. The number of rotatable bonds is 7. The minimum atomic E-state index is -0.950. The van der Waals surface area contributed by atoms with Crippen LogP contribution in [0.15, 0.2) is 91.0 Å². The summed E-state index contributed by atoms with van der Waals surface area (Å²) in [5.74, 6) is -1.68. The van der Waals surface area contributed by atoms with Crippen molar-refractivity contribution in [1.29, 1.82) is 0 Å². The summed E-state index contributed by atoms with van der Waals surface area (Å²) in [6, 6.07) is 25.5. The molecule has 3 atom stereocenters. The molecular formula is C26H22O7. The third kappa shape index (κ3) is 5.64. The van der Waals surface area contributed by atoms with Crippen LogP contribution in [0.5, 0.6) is 0 Å². The number of ether oxygens (including phenoxy) is 4. The molecular weight excluding hydrogens is 424 g/mol. The maximum Gasteiger partial charge on any atom is 0.338 e. The van der Waals surface area contributed by atoms with Crippen molar-refractivity contribution < 1.29 is 33.3 Å². The Bertz CT molecular complexity index is 1080. The van der Waals surface area contributed by atoms with E-state index in [1.807, 2.05) is 0 Å².